The van der Waals surface area contributed by atoms with Gasteiger partial charge >= 0.3 is 5.97 Å². The summed E-state index contributed by atoms with van der Waals surface area (Å²) in [7, 11) is 0. The van der Waals surface area contributed by atoms with E-state index in [-0.39, 0.29) is 11.7 Å². The first-order valence-corrected chi connectivity index (χ1v) is 5.87. The van der Waals surface area contributed by atoms with Gasteiger partial charge in [0, 0.05) is 18.4 Å². The Kier molecular flexibility index (Phi) is 6.13. The predicted octanol–water partition coefficient (Wildman–Crippen LogP) is 0.246. The van der Waals surface area contributed by atoms with Crippen molar-refractivity contribution in [2.45, 2.75) is 25.5 Å². The van der Waals surface area contributed by atoms with Crippen LogP contribution in [-0.2, 0) is 9.59 Å². The van der Waals surface area contributed by atoms with Gasteiger partial charge in [-0.3, -0.25) is 4.79 Å². The smallest absolute Gasteiger partial charge is 0.327 e. The minimum Gasteiger partial charge on any atom is -0.480 e. The van der Waals surface area contributed by atoms with Crippen LogP contribution in [0.15, 0.2) is 12.7 Å². The Morgan fingerprint density at radius 3 is 2.56 bits per heavy atom. The largest absolute Gasteiger partial charge is 0.480 e. The maximum atomic E-state index is 10.7. The van der Waals surface area contributed by atoms with Crippen molar-refractivity contribution < 1.29 is 19.8 Å². The minimum atomic E-state index is -1.08. The molecule has 1 amide bonds. The number of carboxylic acids is 1. The van der Waals surface area contributed by atoms with Crippen LogP contribution in [-0.4, -0.2) is 45.2 Å². The van der Waals surface area contributed by atoms with Gasteiger partial charge < -0.3 is 15.5 Å². The molecule has 0 radical (unpaired) electrons. The standard InChI is InChI=1S/C10H17NO4S/c1-4-10(3,15)6-16-5-8(9(13)14)11-7(2)12/h4,8,15H,1,5-6H2,2-3H3,(H,11,12)(H,13,14)/t8-,10?/m0/s1. The van der Waals surface area contributed by atoms with Crippen LogP contribution < -0.4 is 5.32 Å². The van der Waals surface area contributed by atoms with Gasteiger partial charge in [0.25, 0.3) is 0 Å². The normalized spacial score (nSPS) is 15.9. The number of rotatable bonds is 7. The van der Waals surface area contributed by atoms with Crippen molar-refractivity contribution in [2.75, 3.05) is 11.5 Å². The van der Waals surface area contributed by atoms with Crippen LogP contribution in [0, 0.1) is 0 Å². The number of aliphatic hydroxyl groups is 1. The number of hydrogen-bond donors (Lipinski definition) is 3. The van der Waals surface area contributed by atoms with Crippen LogP contribution in [0.3, 0.4) is 0 Å². The molecule has 6 heteroatoms. The molecule has 2 atom stereocenters. The molecular formula is C10H17NO4S. The number of nitrogens with one attached hydrogen (secondary N) is 1. The molecule has 0 saturated heterocycles. The fraction of sp³-hybridized carbons (Fsp3) is 0.600. The highest BCUT2D eigenvalue weighted by atomic mass is 32.2. The molecule has 0 aliphatic heterocycles. The number of aliphatic carboxylic acids is 1. The topological polar surface area (TPSA) is 86.6 Å². The zero-order chi connectivity index (χ0) is 12.8. The third kappa shape index (κ3) is 6.47. The lowest BCUT2D eigenvalue weighted by Gasteiger charge is -2.19. The van der Waals surface area contributed by atoms with E-state index in [1.165, 1.54) is 24.8 Å². The summed E-state index contributed by atoms with van der Waals surface area (Å²) in [6, 6.07) is -0.928. The van der Waals surface area contributed by atoms with Crippen LogP contribution >= 0.6 is 11.8 Å². The van der Waals surface area contributed by atoms with Crippen molar-refractivity contribution in [1.82, 2.24) is 5.32 Å². The number of carboxylic acid groups (broad SMARTS) is 1. The maximum Gasteiger partial charge on any atom is 0.327 e. The molecule has 0 bridgehead atoms. The highest BCUT2D eigenvalue weighted by molar-refractivity contribution is 7.99. The summed E-state index contributed by atoms with van der Waals surface area (Å²) < 4.78 is 0. The van der Waals surface area contributed by atoms with Gasteiger partial charge in [-0.25, -0.2) is 4.79 Å². The SMILES string of the molecule is C=CC(C)(O)CSC[C@H](NC(C)=O)C(=O)O. The highest BCUT2D eigenvalue weighted by Gasteiger charge is 2.21. The maximum absolute atomic E-state index is 10.7. The Labute approximate surface area is 98.9 Å². The molecule has 0 fully saturated rings. The van der Waals surface area contributed by atoms with Crippen molar-refractivity contribution in [3.63, 3.8) is 0 Å². The monoisotopic (exact) mass is 247 g/mol. The van der Waals surface area contributed by atoms with Crippen molar-refractivity contribution in [3.05, 3.63) is 12.7 Å². The summed E-state index contributed by atoms with van der Waals surface area (Å²) in [6.45, 7) is 6.31. The lowest BCUT2D eigenvalue weighted by molar-refractivity contribution is -0.140. The van der Waals surface area contributed by atoms with E-state index in [0.717, 1.165) is 0 Å². The van der Waals surface area contributed by atoms with E-state index in [4.69, 9.17) is 5.11 Å². The average molecular weight is 247 g/mol. The van der Waals surface area contributed by atoms with Crippen LogP contribution in [0.2, 0.25) is 0 Å². The highest BCUT2D eigenvalue weighted by Crippen LogP contribution is 2.14. The summed E-state index contributed by atoms with van der Waals surface area (Å²) in [6.07, 6.45) is 1.40. The molecule has 0 aliphatic carbocycles. The predicted molar refractivity (Wildman–Crippen MR) is 63.4 cm³/mol. The number of carbonyl (C=O) groups is 2. The fourth-order valence-electron chi connectivity index (χ4n) is 0.862. The molecule has 0 spiro atoms. The second-order valence-electron chi connectivity index (χ2n) is 3.67. The molecule has 0 aromatic heterocycles. The number of carbonyl (C=O) groups excluding carboxylic acids is 1. The first-order valence-electron chi connectivity index (χ1n) is 4.72. The Morgan fingerprint density at radius 1 is 1.62 bits per heavy atom. The van der Waals surface area contributed by atoms with Gasteiger partial charge in [-0.15, -0.1) is 6.58 Å². The second kappa shape index (κ2) is 6.55. The summed E-state index contributed by atoms with van der Waals surface area (Å²) in [5, 5.41) is 20.7. The van der Waals surface area contributed by atoms with Crippen molar-refractivity contribution in [2.24, 2.45) is 0 Å². The van der Waals surface area contributed by atoms with Crippen molar-refractivity contribution in [3.8, 4) is 0 Å². The molecule has 3 N–H and O–H groups in total. The van der Waals surface area contributed by atoms with Gasteiger partial charge in [-0.2, -0.15) is 11.8 Å². The molecule has 0 saturated carbocycles. The van der Waals surface area contributed by atoms with E-state index < -0.39 is 17.6 Å². The van der Waals surface area contributed by atoms with Gasteiger partial charge in [-0.05, 0) is 6.92 Å². The summed E-state index contributed by atoms with van der Waals surface area (Å²) >= 11 is 1.25. The van der Waals surface area contributed by atoms with E-state index in [9.17, 15) is 14.7 Å². The van der Waals surface area contributed by atoms with Gasteiger partial charge in [0.2, 0.25) is 5.91 Å². The molecule has 16 heavy (non-hydrogen) atoms. The Bertz CT molecular complexity index is 278. The zero-order valence-corrected chi connectivity index (χ0v) is 10.2. The van der Waals surface area contributed by atoms with E-state index in [2.05, 4.69) is 11.9 Å². The summed E-state index contributed by atoms with van der Waals surface area (Å²) in [5.41, 5.74) is -1.02. The molecule has 92 valence electrons. The van der Waals surface area contributed by atoms with Crippen LogP contribution in [0.4, 0.5) is 0 Å². The molecular weight excluding hydrogens is 230 g/mol. The van der Waals surface area contributed by atoms with Gasteiger partial charge in [0.1, 0.15) is 6.04 Å². The quantitative estimate of drug-likeness (QED) is 0.561. The first kappa shape index (κ1) is 15.0. The molecule has 0 aromatic rings. The van der Waals surface area contributed by atoms with Crippen LogP contribution in [0.25, 0.3) is 0 Å². The Hall–Kier alpha value is -1.01. The van der Waals surface area contributed by atoms with Gasteiger partial charge in [0.05, 0.1) is 5.60 Å². The van der Waals surface area contributed by atoms with Gasteiger partial charge in [-0.1, -0.05) is 6.08 Å². The third-order valence-corrected chi connectivity index (χ3v) is 3.15. The number of thioether (sulfide) groups is 1. The average Bonchev–Trinajstić information content (AvgIpc) is 2.15. The van der Waals surface area contributed by atoms with E-state index >= 15 is 0 Å². The van der Waals surface area contributed by atoms with Crippen LogP contribution in [0.5, 0.6) is 0 Å². The number of hydrogen-bond acceptors (Lipinski definition) is 4. The zero-order valence-electron chi connectivity index (χ0n) is 9.40. The van der Waals surface area contributed by atoms with E-state index in [1.54, 1.807) is 6.92 Å². The van der Waals surface area contributed by atoms with Crippen LogP contribution in [0.1, 0.15) is 13.8 Å². The summed E-state index contributed by atoms with van der Waals surface area (Å²) in [4.78, 5) is 21.5. The molecule has 0 aliphatic rings. The van der Waals surface area contributed by atoms with Crippen molar-refractivity contribution >= 4 is 23.6 Å². The van der Waals surface area contributed by atoms with E-state index in [1.807, 2.05) is 0 Å². The Morgan fingerprint density at radius 2 is 2.19 bits per heavy atom. The lowest BCUT2D eigenvalue weighted by atomic mass is 10.1. The fourth-order valence-corrected chi connectivity index (χ4v) is 1.97. The molecule has 0 rings (SSSR count). The Balaban J connectivity index is 4.08. The molecule has 0 aromatic carbocycles. The van der Waals surface area contributed by atoms with Gasteiger partial charge in [0.15, 0.2) is 0 Å². The molecule has 1 unspecified atom stereocenters. The van der Waals surface area contributed by atoms with E-state index in [0.29, 0.717) is 5.75 Å². The van der Waals surface area contributed by atoms with Crippen molar-refractivity contribution in [1.29, 1.82) is 0 Å². The first-order chi connectivity index (χ1) is 7.28. The second-order valence-corrected chi connectivity index (χ2v) is 4.70. The molecule has 5 nitrogen and oxygen atoms in total. The molecule has 0 heterocycles. The number of amides is 1. The third-order valence-electron chi connectivity index (χ3n) is 1.79. The summed E-state index contributed by atoms with van der Waals surface area (Å²) in [5.74, 6) is -0.928. The lowest BCUT2D eigenvalue weighted by Crippen LogP contribution is -2.42. The minimum absolute atomic E-state index is 0.207.